The van der Waals surface area contributed by atoms with Crippen LogP contribution in [0.15, 0.2) is 36.5 Å². The number of nitrogens with zero attached hydrogens (tertiary/aromatic N) is 2. The molecule has 3 nitrogen and oxygen atoms in total. The Hall–Kier alpha value is -1.32. The lowest BCUT2D eigenvalue weighted by molar-refractivity contribution is 0.546. The fraction of sp³-hybridized carbons (Fsp3) is 0.357. The van der Waals surface area contributed by atoms with Crippen molar-refractivity contribution in [2.75, 3.05) is 6.54 Å². The predicted octanol–water partition coefficient (Wildman–Crippen LogP) is 3.27. The number of hydrogen-bond donors (Lipinski definition) is 1. The molecular weight excluding hydrogens is 246 g/mol. The number of nitrogens with one attached hydrogen (secondary N) is 1. The quantitative estimate of drug-likeness (QED) is 0.897. The molecule has 0 atom stereocenters. The molecule has 0 saturated heterocycles. The van der Waals surface area contributed by atoms with E-state index < -0.39 is 0 Å². The zero-order valence-corrected chi connectivity index (χ0v) is 11.5. The highest BCUT2D eigenvalue weighted by Crippen LogP contribution is 2.13. The maximum Gasteiger partial charge on any atom is 0.0766 e. The number of hydrogen-bond acceptors (Lipinski definition) is 2. The molecule has 0 unspecified atom stereocenters. The van der Waals surface area contributed by atoms with Gasteiger partial charge in [0.25, 0.3) is 0 Å². The Kier molecular flexibility index (Phi) is 4.39. The molecule has 0 fully saturated rings. The van der Waals surface area contributed by atoms with Gasteiger partial charge < -0.3 is 5.32 Å². The molecule has 2 aromatic rings. The lowest BCUT2D eigenvalue weighted by Gasteiger charge is -2.05. The Morgan fingerprint density at radius 2 is 1.94 bits per heavy atom. The minimum absolute atomic E-state index is 0.656. The molecule has 0 aliphatic carbocycles. The summed E-state index contributed by atoms with van der Waals surface area (Å²) in [7, 11) is 0. The van der Waals surface area contributed by atoms with Crippen molar-refractivity contribution in [1.29, 1.82) is 0 Å². The maximum absolute atomic E-state index is 5.86. The molecule has 18 heavy (non-hydrogen) atoms. The Balaban J connectivity index is 1.99. The second kappa shape index (κ2) is 6.03. The molecule has 1 N–H and O–H groups in total. The van der Waals surface area contributed by atoms with Crippen molar-refractivity contribution in [1.82, 2.24) is 15.1 Å². The van der Waals surface area contributed by atoms with Crippen LogP contribution in [0.1, 0.15) is 19.5 Å². The van der Waals surface area contributed by atoms with Gasteiger partial charge in [-0.05, 0) is 42.8 Å². The molecule has 0 spiro atoms. The number of benzene rings is 1. The van der Waals surface area contributed by atoms with Crippen molar-refractivity contribution in [3.8, 4) is 5.69 Å². The van der Waals surface area contributed by atoms with Gasteiger partial charge in [0, 0.05) is 17.8 Å². The fourth-order valence-electron chi connectivity index (χ4n) is 1.68. The van der Waals surface area contributed by atoms with Gasteiger partial charge in [0.2, 0.25) is 0 Å². The van der Waals surface area contributed by atoms with Crippen LogP contribution < -0.4 is 5.32 Å². The summed E-state index contributed by atoms with van der Waals surface area (Å²) >= 11 is 5.86. The van der Waals surface area contributed by atoms with E-state index in [1.54, 1.807) is 0 Å². The third-order valence-electron chi connectivity index (χ3n) is 2.59. The van der Waals surface area contributed by atoms with Crippen molar-refractivity contribution in [2.45, 2.75) is 20.4 Å². The van der Waals surface area contributed by atoms with E-state index in [0.29, 0.717) is 5.92 Å². The average Bonchev–Trinajstić information content (AvgIpc) is 2.78. The fourth-order valence-corrected chi connectivity index (χ4v) is 1.81. The zero-order valence-electron chi connectivity index (χ0n) is 10.7. The SMILES string of the molecule is CC(C)CNCc1ccn(-c2ccc(Cl)cc2)n1. The molecule has 1 heterocycles. The largest absolute Gasteiger partial charge is 0.311 e. The van der Waals surface area contributed by atoms with Crippen molar-refractivity contribution in [2.24, 2.45) is 5.92 Å². The van der Waals surface area contributed by atoms with E-state index in [0.717, 1.165) is 29.5 Å². The van der Waals surface area contributed by atoms with Crippen LogP contribution in [0.25, 0.3) is 5.69 Å². The second-order valence-electron chi connectivity index (χ2n) is 4.75. The Bertz CT molecular complexity index is 488. The highest BCUT2D eigenvalue weighted by Gasteiger charge is 2.01. The first-order chi connectivity index (χ1) is 8.65. The standard InChI is InChI=1S/C14H18ClN3/c1-11(2)9-16-10-13-7-8-18(17-13)14-5-3-12(15)4-6-14/h3-8,11,16H,9-10H2,1-2H3. The summed E-state index contributed by atoms with van der Waals surface area (Å²) < 4.78 is 1.86. The van der Waals surface area contributed by atoms with Gasteiger partial charge in [0.1, 0.15) is 0 Å². The monoisotopic (exact) mass is 263 g/mol. The van der Waals surface area contributed by atoms with E-state index in [4.69, 9.17) is 11.6 Å². The summed E-state index contributed by atoms with van der Waals surface area (Å²) in [4.78, 5) is 0. The van der Waals surface area contributed by atoms with Gasteiger partial charge in [-0.1, -0.05) is 25.4 Å². The zero-order chi connectivity index (χ0) is 13.0. The van der Waals surface area contributed by atoms with Gasteiger partial charge in [0.05, 0.1) is 11.4 Å². The highest BCUT2D eigenvalue weighted by atomic mass is 35.5. The molecule has 0 bridgehead atoms. The molecule has 0 radical (unpaired) electrons. The summed E-state index contributed by atoms with van der Waals surface area (Å²) in [6.45, 7) is 6.20. The molecule has 1 aromatic heterocycles. The summed E-state index contributed by atoms with van der Waals surface area (Å²) in [5, 5.41) is 8.64. The van der Waals surface area contributed by atoms with Gasteiger partial charge in [-0.25, -0.2) is 4.68 Å². The van der Waals surface area contributed by atoms with Crippen LogP contribution in [-0.2, 0) is 6.54 Å². The molecule has 0 saturated carbocycles. The Morgan fingerprint density at radius 1 is 1.22 bits per heavy atom. The molecule has 0 aliphatic heterocycles. The van der Waals surface area contributed by atoms with Crippen LogP contribution in [0.3, 0.4) is 0 Å². The van der Waals surface area contributed by atoms with Crippen LogP contribution >= 0.6 is 11.6 Å². The van der Waals surface area contributed by atoms with Gasteiger partial charge in [-0.15, -0.1) is 0 Å². The second-order valence-corrected chi connectivity index (χ2v) is 5.19. The third kappa shape index (κ3) is 3.59. The van der Waals surface area contributed by atoms with E-state index >= 15 is 0 Å². The summed E-state index contributed by atoms with van der Waals surface area (Å²) in [6.07, 6.45) is 1.97. The molecule has 96 valence electrons. The van der Waals surface area contributed by atoms with E-state index in [9.17, 15) is 0 Å². The Labute approximate surface area is 113 Å². The summed E-state index contributed by atoms with van der Waals surface area (Å²) in [6, 6.07) is 9.69. The number of rotatable bonds is 5. The van der Waals surface area contributed by atoms with Gasteiger partial charge in [-0.2, -0.15) is 5.10 Å². The molecule has 4 heteroatoms. The number of aromatic nitrogens is 2. The normalized spacial score (nSPS) is 11.1. The van der Waals surface area contributed by atoms with E-state index in [-0.39, 0.29) is 0 Å². The van der Waals surface area contributed by atoms with Crippen LogP contribution in [0.5, 0.6) is 0 Å². The van der Waals surface area contributed by atoms with Crippen LogP contribution in [-0.4, -0.2) is 16.3 Å². The lowest BCUT2D eigenvalue weighted by Crippen LogP contribution is -2.19. The highest BCUT2D eigenvalue weighted by molar-refractivity contribution is 6.30. The van der Waals surface area contributed by atoms with Crippen molar-refractivity contribution in [3.63, 3.8) is 0 Å². The van der Waals surface area contributed by atoms with Gasteiger partial charge in [-0.3, -0.25) is 0 Å². The van der Waals surface area contributed by atoms with Gasteiger partial charge >= 0.3 is 0 Å². The molecule has 0 amide bonds. The van der Waals surface area contributed by atoms with Crippen molar-refractivity contribution < 1.29 is 0 Å². The summed E-state index contributed by atoms with van der Waals surface area (Å²) in [5.74, 6) is 0.656. The first kappa shape index (κ1) is 13.1. The van der Waals surface area contributed by atoms with Crippen LogP contribution in [0, 0.1) is 5.92 Å². The van der Waals surface area contributed by atoms with Crippen LogP contribution in [0.4, 0.5) is 0 Å². The maximum atomic E-state index is 5.86. The lowest BCUT2D eigenvalue weighted by atomic mass is 10.2. The first-order valence-corrected chi connectivity index (χ1v) is 6.54. The molecule has 1 aromatic carbocycles. The first-order valence-electron chi connectivity index (χ1n) is 6.16. The minimum atomic E-state index is 0.656. The van der Waals surface area contributed by atoms with Crippen molar-refractivity contribution in [3.05, 3.63) is 47.2 Å². The average molecular weight is 264 g/mol. The summed E-state index contributed by atoms with van der Waals surface area (Å²) in [5.41, 5.74) is 2.07. The molecular formula is C14H18ClN3. The molecule has 0 aliphatic rings. The van der Waals surface area contributed by atoms with E-state index in [1.807, 2.05) is 41.2 Å². The smallest absolute Gasteiger partial charge is 0.0766 e. The van der Waals surface area contributed by atoms with Gasteiger partial charge in [0.15, 0.2) is 0 Å². The number of halogens is 1. The predicted molar refractivity (Wildman–Crippen MR) is 75.1 cm³/mol. The van der Waals surface area contributed by atoms with E-state index in [1.165, 1.54) is 0 Å². The van der Waals surface area contributed by atoms with E-state index in [2.05, 4.69) is 24.3 Å². The molecule has 2 rings (SSSR count). The van der Waals surface area contributed by atoms with Crippen LogP contribution in [0.2, 0.25) is 5.02 Å². The third-order valence-corrected chi connectivity index (χ3v) is 2.85. The Morgan fingerprint density at radius 3 is 2.61 bits per heavy atom. The minimum Gasteiger partial charge on any atom is -0.311 e. The van der Waals surface area contributed by atoms with Crippen molar-refractivity contribution >= 4 is 11.6 Å². The topological polar surface area (TPSA) is 29.9 Å².